The highest BCUT2D eigenvalue weighted by molar-refractivity contribution is 5.89. The highest BCUT2D eigenvalue weighted by Crippen LogP contribution is 2.24. The Morgan fingerprint density at radius 3 is 2.67 bits per heavy atom. The van der Waals surface area contributed by atoms with E-state index >= 15 is 0 Å². The number of carbonyl (C=O) groups excluding carboxylic acids is 1. The first kappa shape index (κ1) is 18.1. The fraction of sp³-hybridized carbons (Fsp3) is 0.200. The van der Waals surface area contributed by atoms with Gasteiger partial charge in [0.15, 0.2) is 0 Å². The topological polar surface area (TPSA) is 104 Å². The van der Waals surface area contributed by atoms with E-state index in [-0.39, 0.29) is 6.03 Å². The van der Waals surface area contributed by atoms with Gasteiger partial charge in [-0.25, -0.2) is 4.79 Å². The number of anilines is 1. The number of amides is 2. The van der Waals surface area contributed by atoms with Crippen LogP contribution in [0.4, 0.5) is 10.5 Å². The van der Waals surface area contributed by atoms with Crippen molar-refractivity contribution in [3.63, 3.8) is 0 Å². The van der Waals surface area contributed by atoms with E-state index in [0.29, 0.717) is 35.4 Å². The van der Waals surface area contributed by atoms with Crippen molar-refractivity contribution in [1.82, 2.24) is 15.5 Å². The second-order valence-corrected chi connectivity index (χ2v) is 6.42. The molecule has 0 fully saturated rings. The summed E-state index contributed by atoms with van der Waals surface area (Å²) in [5, 5.41) is 18.5. The van der Waals surface area contributed by atoms with Crippen LogP contribution in [0, 0.1) is 17.2 Å². The smallest absolute Gasteiger partial charge is 0.319 e. The minimum atomic E-state index is -0.257. The number of nitriles is 1. The zero-order valence-electron chi connectivity index (χ0n) is 15.1. The Balaban J connectivity index is 1.74. The van der Waals surface area contributed by atoms with E-state index in [1.807, 2.05) is 26.0 Å². The van der Waals surface area contributed by atoms with E-state index in [2.05, 4.69) is 26.8 Å². The fourth-order valence-corrected chi connectivity index (χ4v) is 2.35. The molecule has 1 heterocycles. The van der Waals surface area contributed by atoms with E-state index in [1.165, 1.54) is 0 Å². The summed E-state index contributed by atoms with van der Waals surface area (Å²) in [6.45, 7) is 4.66. The van der Waals surface area contributed by atoms with Crippen LogP contribution in [0.25, 0.3) is 22.8 Å². The number of nitrogens with zero attached hydrogens (tertiary/aromatic N) is 3. The van der Waals surface area contributed by atoms with E-state index in [9.17, 15) is 4.79 Å². The molecule has 0 atom stereocenters. The van der Waals surface area contributed by atoms with Crippen LogP contribution in [0.1, 0.15) is 19.4 Å². The molecule has 0 spiro atoms. The number of hydrogen-bond donors (Lipinski definition) is 2. The summed E-state index contributed by atoms with van der Waals surface area (Å²) in [7, 11) is 0. The quantitative estimate of drug-likeness (QED) is 0.713. The molecule has 7 heteroatoms. The Morgan fingerprint density at radius 2 is 1.96 bits per heavy atom. The Hall–Kier alpha value is -3.66. The van der Waals surface area contributed by atoms with Crippen LogP contribution in [-0.4, -0.2) is 22.7 Å². The van der Waals surface area contributed by atoms with Crippen molar-refractivity contribution in [1.29, 1.82) is 5.26 Å². The number of carbonyl (C=O) groups is 1. The highest BCUT2D eigenvalue weighted by atomic mass is 16.5. The van der Waals surface area contributed by atoms with Crippen LogP contribution in [0.5, 0.6) is 0 Å². The normalized spacial score (nSPS) is 10.4. The molecule has 7 nitrogen and oxygen atoms in total. The molecule has 2 amide bonds. The molecule has 0 aliphatic rings. The van der Waals surface area contributed by atoms with Crippen molar-refractivity contribution >= 4 is 11.7 Å². The number of nitrogens with one attached hydrogen (secondary N) is 2. The van der Waals surface area contributed by atoms with Gasteiger partial charge in [0.1, 0.15) is 0 Å². The number of rotatable bonds is 5. The van der Waals surface area contributed by atoms with Gasteiger partial charge in [-0.1, -0.05) is 31.1 Å². The molecule has 2 aromatic carbocycles. The van der Waals surface area contributed by atoms with Gasteiger partial charge in [0.25, 0.3) is 5.89 Å². The van der Waals surface area contributed by atoms with Crippen LogP contribution < -0.4 is 10.6 Å². The van der Waals surface area contributed by atoms with Crippen molar-refractivity contribution < 1.29 is 9.32 Å². The molecule has 136 valence electrons. The summed E-state index contributed by atoms with van der Waals surface area (Å²) >= 11 is 0. The van der Waals surface area contributed by atoms with Gasteiger partial charge in [-0.2, -0.15) is 10.2 Å². The summed E-state index contributed by atoms with van der Waals surface area (Å²) in [5.74, 6) is 1.16. The first-order chi connectivity index (χ1) is 13.0. The van der Waals surface area contributed by atoms with E-state index in [1.54, 1.807) is 36.4 Å². The fourth-order valence-electron chi connectivity index (χ4n) is 2.35. The van der Waals surface area contributed by atoms with Crippen molar-refractivity contribution in [3.8, 4) is 28.9 Å². The molecule has 3 aromatic rings. The number of urea groups is 1. The predicted octanol–water partition coefficient (Wildman–Crippen LogP) is 4.05. The lowest BCUT2D eigenvalue weighted by Gasteiger charge is -2.09. The maximum atomic E-state index is 11.9. The molecule has 1 aromatic heterocycles. The number of hydrogen-bond acceptors (Lipinski definition) is 5. The lowest BCUT2D eigenvalue weighted by Crippen LogP contribution is -2.31. The molecular weight excluding hydrogens is 342 g/mol. The van der Waals surface area contributed by atoms with E-state index in [0.717, 1.165) is 11.1 Å². The molecule has 0 saturated heterocycles. The molecule has 0 aliphatic heterocycles. The van der Waals surface area contributed by atoms with Crippen molar-refractivity contribution in [2.24, 2.45) is 5.92 Å². The average molecular weight is 361 g/mol. The standard InChI is InChI=1S/C20H19N5O2/c1-13(2)12-22-20(26)23-17-5-3-4-16(10-17)18-24-19(27-25-18)15-8-6-14(11-21)7-9-15/h3-10,13H,12H2,1-2H3,(H2,22,23,26). The van der Waals surface area contributed by atoms with Gasteiger partial charge in [0.2, 0.25) is 5.82 Å². The van der Waals surface area contributed by atoms with Crippen LogP contribution in [0.15, 0.2) is 53.1 Å². The largest absolute Gasteiger partial charge is 0.338 e. The highest BCUT2D eigenvalue weighted by Gasteiger charge is 2.12. The Labute approximate surface area is 157 Å². The molecule has 2 N–H and O–H groups in total. The summed E-state index contributed by atoms with van der Waals surface area (Å²) in [6, 6.07) is 15.9. The Bertz CT molecular complexity index is 971. The lowest BCUT2D eigenvalue weighted by molar-refractivity contribution is 0.251. The second kappa shape index (κ2) is 8.15. The third-order valence-corrected chi connectivity index (χ3v) is 3.74. The SMILES string of the molecule is CC(C)CNC(=O)Nc1cccc(-c2noc(-c3ccc(C#N)cc3)n2)c1. The molecule has 0 radical (unpaired) electrons. The number of benzene rings is 2. The third kappa shape index (κ3) is 4.70. The van der Waals surface area contributed by atoms with Crippen molar-refractivity contribution in [2.45, 2.75) is 13.8 Å². The van der Waals surface area contributed by atoms with Crippen LogP contribution in [0.3, 0.4) is 0 Å². The zero-order chi connectivity index (χ0) is 19.2. The average Bonchev–Trinajstić information content (AvgIpc) is 3.17. The zero-order valence-corrected chi connectivity index (χ0v) is 15.1. The third-order valence-electron chi connectivity index (χ3n) is 3.74. The molecule has 0 saturated carbocycles. The molecule has 0 bridgehead atoms. The lowest BCUT2D eigenvalue weighted by atomic mass is 10.1. The van der Waals surface area contributed by atoms with Gasteiger partial charge in [0, 0.05) is 23.4 Å². The molecule has 27 heavy (non-hydrogen) atoms. The van der Waals surface area contributed by atoms with Gasteiger partial charge >= 0.3 is 6.03 Å². The Morgan fingerprint density at radius 1 is 1.19 bits per heavy atom. The van der Waals surface area contributed by atoms with Gasteiger partial charge in [-0.3, -0.25) is 0 Å². The summed E-state index contributed by atoms with van der Waals surface area (Å²) in [5.41, 5.74) is 2.65. The Kier molecular flexibility index (Phi) is 5.47. The van der Waals surface area contributed by atoms with Crippen LogP contribution in [-0.2, 0) is 0 Å². The monoisotopic (exact) mass is 361 g/mol. The van der Waals surface area contributed by atoms with E-state index in [4.69, 9.17) is 9.78 Å². The summed E-state index contributed by atoms with van der Waals surface area (Å²) < 4.78 is 5.32. The molecule has 0 aliphatic carbocycles. The van der Waals surface area contributed by atoms with Crippen molar-refractivity contribution in [2.75, 3.05) is 11.9 Å². The van der Waals surface area contributed by atoms with Gasteiger partial charge in [-0.15, -0.1) is 0 Å². The van der Waals surface area contributed by atoms with Crippen LogP contribution >= 0.6 is 0 Å². The summed E-state index contributed by atoms with van der Waals surface area (Å²) in [6.07, 6.45) is 0. The molecule has 0 unspecified atom stereocenters. The number of aromatic nitrogens is 2. The predicted molar refractivity (Wildman–Crippen MR) is 102 cm³/mol. The minimum Gasteiger partial charge on any atom is -0.338 e. The van der Waals surface area contributed by atoms with Gasteiger partial charge in [-0.05, 0) is 42.3 Å². The minimum absolute atomic E-state index is 0.257. The maximum absolute atomic E-state index is 11.9. The maximum Gasteiger partial charge on any atom is 0.319 e. The van der Waals surface area contributed by atoms with Crippen LogP contribution in [0.2, 0.25) is 0 Å². The summed E-state index contributed by atoms with van der Waals surface area (Å²) in [4.78, 5) is 16.3. The first-order valence-corrected chi connectivity index (χ1v) is 8.54. The second-order valence-electron chi connectivity index (χ2n) is 6.42. The van der Waals surface area contributed by atoms with Gasteiger partial charge in [0.05, 0.1) is 11.6 Å². The van der Waals surface area contributed by atoms with E-state index < -0.39 is 0 Å². The molecule has 3 rings (SSSR count). The first-order valence-electron chi connectivity index (χ1n) is 8.54. The molecular formula is C20H19N5O2. The van der Waals surface area contributed by atoms with Crippen molar-refractivity contribution in [3.05, 3.63) is 54.1 Å². The van der Waals surface area contributed by atoms with Gasteiger partial charge < -0.3 is 15.2 Å².